The minimum Gasteiger partial charge on any atom is -0.309 e. The van der Waals surface area contributed by atoms with Crippen LogP contribution in [0, 0.1) is 6.92 Å². The van der Waals surface area contributed by atoms with Gasteiger partial charge in [0.1, 0.15) is 6.54 Å². The van der Waals surface area contributed by atoms with E-state index in [0.29, 0.717) is 6.54 Å². The lowest BCUT2D eigenvalue weighted by atomic mass is 10.3. The predicted molar refractivity (Wildman–Crippen MR) is 67.3 cm³/mol. The first kappa shape index (κ1) is 11.0. The van der Waals surface area contributed by atoms with Crippen LogP contribution < -0.4 is 4.90 Å². The summed E-state index contributed by atoms with van der Waals surface area (Å²) in [6, 6.07) is 5.71. The van der Waals surface area contributed by atoms with Crippen molar-refractivity contribution in [1.29, 1.82) is 0 Å². The van der Waals surface area contributed by atoms with Gasteiger partial charge in [-0.1, -0.05) is 0 Å². The fourth-order valence-electron chi connectivity index (χ4n) is 2.24. The lowest BCUT2D eigenvalue weighted by Gasteiger charge is -2.16. The van der Waals surface area contributed by atoms with Crippen molar-refractivity contribution in [2.24, 2.45) is 0 Å². The Bertz CT molecular complexity index is 590. The van der Waals surface area contributed by atoms with Crippen LogP contribution in [0.4, 0.5) is 5.69 Å². The molecular weight excluding hydrogens is 228 g/mol. The van der Waals surface area contributed by atoms with Gasteiger partial charge in [-0.2, -0.15) is 5.10 Å². The molecule has 0 atom stereocenters. The number of rotatable bonds is 2. The third kappa shape index (κ3) is 1.88. The first-order valence-electron chi connectivity index (χ1n) is 5.98. The van der Waals surface area contributed by atoms with E-state index in [2.05, 4.69) is 10.1 Å². The highest BCUT2D eigenvalue weighted by Gasteiger charge is 2.25. The highest BCUT2D eigenvalue weighted by atomic mass is 16.2. The summed E-state index contributed by atoms with van der Waals surface area (Å²) >= 11 is 0. The highest BCUT2D eigenvalue weighted by molar-refractivity contribution is 5.94. The van der Waals surface area contributed by atoms with Gasteiger partial charge in [-0.15, -0.1) is 0 Å². The van der Waals surface area contributed by atoms with Crippen LogP contribution in [0.5, 0.6) is 0 Å². The number of carbonyl (C=O) groups excluding carboxylic acids is 1. The van der Waals surface area contributed by atoms with E-state index >= 15 is 0 Å². The number of carbonyl (C=O) groups is 1. The number of nitrogens with zero attached hydrogens (tertiary/aromatic N) is 4. The number of aryl methyl sites for hydroxylation is 1. The fourth-order valence-corrected chi connectivity index (χ4v) is 2.24. The summed E-state index contributed by atoms with van der Waals surface area (Å²) in [5.41, 5.74) is 2.86. The van der Waals surface area contributed by atoms with Crippen molar-refractivity contribution < 1.29 is 4.79 Å². The molecule has 0 unspecified atom stereocenters. The molecule has 2 aromatic heterocycles. The standard InChI is InChI=1S/C13H14N4O/c1-10-4-7-16(15-10)9-13(18)17-8-5-11-12(17)3-2-6-14-11/h2-4,6-7H,5,8-9H2,1H3. The minimum atomic E-state index is 0.0600. The van der Waals surface area contributed by atoms with Gasteiger partial charge in [-0.25, -0.2) is 0 Å². The molecule has 0 fully saturated rings. The Morgan fingerprint density at radius 3 is 3.11 bits per heavy atom. The molecule has 0 spiro atoms. The average molecular weight is 242 g/mol. The summed E-state index contributed by atoms with van der Waals surface area (Å²) < 4.78 is 1.67. The maximum absolute atomic E-state index is 12.2. The van der Waals surface area contributed by atoms with Gasteiger partial charge in [0, 0.05) is 25.4 Å². The molecular formula is C13H14N4O. The summed E-state index contributed by atoms with van der Waals surface area (Å²) in [6.45, 7) is 2.91. The molecule has 0 aliphatic carbocycles. The van der Waals surface area contributed by atoms with Crippen LogP contribution in [0.2, 0.25) is 0 Å². The van der Waals surface area contributed by atoms with Crippen LogP contribution in [-0.4, -0.2) is 27.2 Å². The molecule has 0 saturated heterocycles. The van der Waals surface area contributed by atoms with E-state index in [9.17, 15) is 4.79 Å². The molecule has 92 valence electrons. The molecule has 1 aliphatic heterocycles. The van der Waals surface area contributed by atoms with E-state index in [4.69, 9.17) is 0 Å². The molecule has 0 saturated carbocycles. The second-order valence-corrected chi connectivity index (χ2v) is 4.42. The first-order valence-corrected chi connectivity index (χ1v) is 5.98. The minimum absolute atomic E-state index is 0.0600. The normalized spacial score (nSPS) is 13.7. The smallest absolute Gasteiger partial charge is 0.248 e. The Morgan fingerprint density at radius 2 is 2.33 bits per heavy atom. The van der Waals surface area contributed by atoms with Crippen molar-refractivity contribution in [3.05, 3.63) is 42.0 Å². The third-order valence-corrected chi connectivity index (χ3v) is 3.10. The second kappa shape index (κ2) is 4.25. The summed E-state index contributed by atoms with van der Waals surface area (Å²) in [7, 11) is 0. The summed E-state index contributed by atoms with van der Waals surface area (Å²) in [5.74, 6) is 0.0600. The van der Waals surface area contributed by atoms with Crippen LogP contribution in [0.1, 0.15) is 11.4 Å². The average Bonchev–Trinajstić information content (AvgIpc) is 2.95. The Balaban J connectivity index is 1.78. The van der Waals surface area contributed by atoms with E-state index in [-0.39, 0.29) is 12.5 Å². The van der Waals surface area contributed by atoms with Gasteiger partial charge in [0.25, 0.3) is 0 Å². The third-order valence-electron chi connectivity index (χ3n) is 3.10. The molecule has 0 N–H and O–H groups in total. The van der Waals surface area contributed by atoms with E-state index < -0.39 is 0 Å². The van der Waals surface area contributed by atoms with Gasteiger partial charge in [-0.3, -0.25) is 14.5 Å². The number of pyridine rings is 1. The molecule has 18 heavy (non-hydrogen) atoms. The van der Waals surface area contributed by atoms with Crippen LogP contribution in [0.3, 0.4) is 0 Å². The zero-order valence-electron chi connectivity index (χ0n) is 10.2. The van der Waals surface area contributed by atoms with Crippen LogP contribution in [0.15, 0.2) is 30.6 Å². The monoisotopic (exact) mass is 242 g/mol. The molecule has 3 heterocycles. The lowest BCUT2D eigenvalue weighted by Crippen LogP contribution is -2.32. The molecule has 0 aromatic carbocycles. The van der Waals surface area contributed by atoms with Gasteiger partial charge in [0.2, 0.25) is 5.91 Å². The summed E-state index contributed by atoms with van der Waals surface area (Å²) in [4.78, 5) is 18.3. The number of fused-ring (bicyclic) bond motifs is 1. The SMILES string of the molecule is Cc1ccn(CC(=O)N2CCc3ncccc32)n1. The van der Waals surface area contributed by atoms with E-state index in [1.807, 2.05) is 31.3 Å². The number of aromatic nitrogens is 3. The van der Waals surface area contributed by atoms with Crippen molar-refractivity contribution in [3.8, 4) is 0 Å². The Morgan fingerprint density at radius 1 is 1.44 bits per heavy atom. The van der Waals surface area contributed by atoms with Crippen molar-refractivity contribution in [1.82, 2.24) is 14.8 Å². The van der Waals surface area contributed by atoms with Gasteiger partial charge in [-0.05, 0) is 25.1 Å². The number of anilines is 1. The highest BCUT2D eigenvalue weighted by Crippen LogP contribution is 2.25. The predicted octanol–water partition coefficient (Wildman–Crippen LogP) is 1.18. The van der Waals surface area contributed by atoms with E-state index in [1.54, 1.807) is 15.8 Å². The number of hydrogen-bond donors (Lipinski definition) is 0. The Labute approximate surface area is 105 Å². The molecule has 2 aromatic rings. The molecule has 0 radical (unpaired) electrons. The zero-order valence-corrected chi connectivity index (χ0v) is 10.2. The molecule has 5 heteroatoms. The molecule has 1 amide bonds. The largest absolute Gasteiger partial charge is 0.309 e. The van der Waals surface area contributed by atoms with Gasteiger partial charge in [0.05, 0.1) is 17.1 Å². The van der Waals surface area contributed by atoms with Crippen LogP contribution >= 0.6 is 0 Å². The first-order chi connectivity index (χ1) is 8.74. The quantitative estimate of drug-likeness (QED) is 0.794. The maximum Gasteiger partial charge on any atom is 0.248 e. The fraction of sp³-hybridized carbons (Fsp3) is 0.308. The molecule has 0 bridgehead atoms. The van der Waals surface area contributed by atoms with E-state index in [1.165, 1.54) is 0 Å². The van der Waals surface area contributed by atoms with E-state index in [0.717, 1.165) is 23.5 Å². The second-order valence-electron chi connectivity index (χ2n) is 4.42. The summed E-state index contributed by atoms with van der Waals surface area (Å²) in [5, 5.41) is 4.23. The zero-order chi connectivity index (χ0) is 12.5. The molecule has 1 aliphatic rings. The van der Waals surface area contributed by atoms with Gasteiger partial charge < -0.3 is 4.90 Å². The lowest BCUT2D eigenvalue weighted by molar-refractivity contribution is -0.119. The number of hydrogen-bond acceptors (Lipinski definition) is 3. The molecule has 5 nitrogen and oxygen atoms in total. The Hall–Kier alpha value is -2.17. The van der Waals surface area contributed by atoms with Crippen LogP contribution in [-0.2, 0) is 17.8 Å². The van der Waals surface area contributed by atoms with Crippen molar-refractivity contribution >= 4 is 11.6 Å². The van der Waals surface area contributed by atoms with Crippen molar-refractivity contribution in [2.75, 3.05) is 11.4 Å². The maximum atomic E-state index is 12.2. The Kier molecular flexibility index (Phi) is 2.59. The van der Waals surface area contributed by atoms with Gasteiger partial charge >= 0.3 is 0 Å². The molecule has 3 rings (SSSR count). The van der Waals surface area contributed by atoms with Crippen LogP contribution in [0.25, 0.3) is 0 Å². The van der Waals surface area contributed by atoms with Crippen molar-refractivity contribution in [3.63, 3.8) is 0 Å². The van der Waals surface area contributed by atoms with Crippen molar-refractivity contribution in [2.45, 2.75) is 19.9 Å². The topological polar surface area (TPSA) is 51.0 Å². The van der Waals surface area contributed by atoms with Gasteiger partial charge in [0.15, 0.2) is 0 Å². The number of amides is 1. The summed E-state index contributed by atoms with van der Waals surface area (Å²) in [6.07, 6.45) is 4.43.